The number of carbonyl (C=O) groups excluding carboxylic acids is 3. The van der Waals surface area contributed by atoms with Crippen molar-refractivity contribution in [1.29, 1.82) is 0 Å². The van der Waals surface area contributed by atoms with Crippen LogP contribution >= 0.6 is 22.9 Å². The molecule has 0 aliphatic rings. The first-order chi connectivity index (χ1) is 14.4. The van der Waals surface area contributed by atoms with Crippen LogP contribution in [0.25, 0.3) is 10.6 Å². The van der Waals surface area contributed by atoms with Crippen molar-refractivity contribution < 1.29 is 19.1 Å². The SMILES string of the molecule is Cc1c(Cl)cccc1NC(=O)CNC(=O)COC(=O)c1csc(-c2ccccc2)n1. The summed E-state index contributed by atoms with van der Waals surface area (Å²) in [5, 5.41) is 7.84. The molecule has 30 heavy (non-hydrogen) atoms. The van der Waals surface area contributed by atoms with Gasteiger partial charge in [-0.2, -0.15) is 0 Å². The van der Waals surface area contributed by atoms with Crippen LogP contribution in [0.5, 0.6) is 0 Å². The molecular formula is C21H18ClN3O4S. The van der Waals surface area contributed by atoms with Crippen LogP contribution in [-0.4, -0.2) is 35.9 Å². The van der Waals surface area contributed by atoms with Gasteiger partial charge >= 0.3 is 5.97 Å². The summed E-state index contributed by atoms with van der Waals surface area (Å²) in [5.74, 6) is -1.73. The van der Waals surface area contributed by atoms with E-state index in [1.807, 2.05) is 30.3 Å². The number of thiazole rings is 1. The molecule has 2 N–H and O–H groups in total. The Hall–Kier alpha value is -3.23. The summed E-state index contributed by atoms with van der Waals surface area (Å²) in [6.07, 6.45) is 0. The molecule has 0 unspecified atom stereocenters. The van der Waals surface area contributed by atoms with Crippen LogP contribution in [0.3, 0.4) is 0 Å². The van der Waals surface area contributed by atoms with Gasteiger partial charge in [0.2, 0.25) is 5.91 Å². The zero-order valence-corrected chi connectivity index (χ0v) is 17.5. The fourth-order valence-electron chi connectivity index (χ4n) is 2.45. The molecule has 9 heteroatoms. The summed E-state index contributed by atoms with van der Waals surface area (Å²) in [6, 6.07) is 14.6. The number of amides is 2. The molecule has 0 spiro atoms. The Kier molecular flexibility index (Phi) is 7.16. The second kappa shape index (κ2) is 10.00. The average molecular weight is 444 g/mol. The molecular weight excluding hydrogens is 426 g/mol. The lowest BCUT2D eigenvalue weighted by Crippen LogP contribution is -2.35. The van der Waals surface area contributed by atoms with Crippen molar-refractivity contribution in [3.8, 4) is 10.6 Å². The minimum atomic E-state index is -0.706. The summed E-state index contributed by atoms with van der Waals surface area (Å²) in [5.41, 5.74) is 2.30. The third-order valence-corrected chi connectivity index (χ3v) is 5.36. The first-order valence-electron chi connectivity index (χ1n) is 8.94. The summed E-state index contributed by atoms with van der Waals surface area (Å²) in [7, 11) is 0. The van der Waals surface area contributed by atoms with Crippen molar-refractivity contribution in [3.05, 3.63) is 70.2 Å². The van der Waals surface area contributed by atoms with Crippen molar-refractivity contribution >= 4 is 46.4 Å². The Balaban J connectivity index is 1.44. The van der Waals surface area contributed by atoms with Crippen LogP contribution in [0.15, 0.2) is 53.9 Å². The molecule has 154 valence electrons. The van der Waals surface area contributed by atoms with E-state index in [-0.39, 0.29) is 12.2 Å². The maximum absolute atomic E-state index is 12.1. The second-order valence-electron chi connectivity index (χ2n) is 6.22. The molecule has 0 saturated carbocycles. The predicted octanol–water partition coefficient (Wildman–Crippen LogP) is 3.68. The van der Waals surface area contributed by atoms with E-state index < -0.39 is 24.4 Å². The van der Waals surface area contributed by atoms with Gasteiger partial charge in [0.25, 0.3) is 5.91 Å². The molecule has 1 heterocycles. The van der Waals surface area contributed by atoms with E-state index in [1.54, 1.807) is 30.5 Å². The van der Waals surface area contributed by atoms with Crippen LogP contribution in [-0.2, 0) is 14.3 Å². The zero-order valence-electron chi connectivity index (χ0n) is 16.0. The molecule has 0 saturated heterocycles. The molecule has 2 aromatic carbocycles. The first-order valence-corrected chi connectivity index (χ1v) is 10.2. The van der Waals surface area contributed by atoms with Crippen LogP contribution in [0, 0.1) is 6.92 Å². The van der Waals surface area contributed by atoms with Crippen molar-refractivity contribution in [1.82, 2.24) is 10.3 Å². The van der Waals surface area contributed by atoms with Gasteiger partial charge in [-0.1, -0.05) is 48.0 Å². The molecule has 3 rings (SSSR count). The van der Waals surface area contributed by atoms with Gasteiger partial charge < -0.3 is 15.4 Å². The van der Waals surface area contributed by atoms with Crippen LogP contribution in [0.1, 0.15) is 16.1 Å². The van der Waals surface area contributed by atoms with Crippen LogP contribution in [0.4, 0.5) is 5.69 Å². The van der Waals surface area contributed by atoms with E-state index >= 15 is 0 Å². The molecule has 0 bridgehead atoms. The van der Waals surface area contributed by atoms with Gasteiger partial charge in [0, 0.05) is 21.7 Å². The topological polar surface area (TPSA) is 97.4 Å². The number of nitrogens with one attached hydrogen (secondary N) is 2. The number of benzene rings is 2. The highest BCUT2D eigenvalue weighted by atomic mass is 35.5. The third-order valence-electron chi connectivity index (χ3n) is 4.06. The number of halogens is 1. The molecule has 0 radical (unpaired) electrons. The number of rotatable bonds is 7. The lowest BCUT2D eigenvalue weighted by Gasteiger charge is -2.10. The summed E-state index contributed by atoms with van der Waals surface area (Å²) >= 11 is 7.32. The highest BCUT2D eigenvalue weighted by Crippen LogP contribution is 2.24. The number of anilines is 1. The molecule has 0 aliphatic heterocycles. The fourth-order valence-corrected chi connectivity index (χ4v) is 3.42. The number of hydrogen-bond acceptors (Lipinski definition) is 6. The van der Waals surface area contributed by atoms with E-state index in [9.17, 15) is 14.4 Å². The number of aromatic nitrogens is 1. The highest BCUT2D eigenvalue weighted by Gasteiger charge is 2.15. The predicted molar refractivity (Wildman–Crippen MR) is 116 cm³/mol. The minimum absolute atomic E-state index is 0.126. The van der Waals surface area contributed by atoms with E-state index in [0.29, 0.717) is 15.7 Å². The second-order valence-corrected chi connectivity index (χ2v) is 7.48. The van der Waals surface area contributed by atoms with E-state index in [2.05, 4.69) is 15.6 Å². The normalized spacial score (nSPS) is 10.3. The summed E-state index contributed by atoms with van der Waals surface area (Å²) in [4.78, 5) is 40.2. The number of carbonyl (C=O) groups is 3. The lowest BCUT2D eigenvalue weighted by molar-refractivity contribution is -0.126. The van der Waals surface area contributed by atoms with Crippen molar-refractivity contribution in [3.63, 3.8) is 0 Å². The number of hydrogen-bond donors (Lipinski definition) is 2. The van der Waals surface area contributed by atoms with E-state index in [1.165, 1.54) is 11.3 Å². The maximum atomic E-state index is 12.1. The smallest absolute Gasteiger partial charge is 0.358 e. The largest absolute Gasteiger partial charge is 0.451 e. The summed E-state index contributed by atoms with van der Waals surface area (Å²) < 4.78 is 4.97. The van der Waals surface area contributed by atoms with Gasteiger partial charge in [-0.25, -0.2) is 9.78 Å². The van der Waals surface area contributed by atoms with Gasteiger partial charge in [0.1, 0.15) is 5.01 Å². The summed E-state index contributed by atoms with van der Waals surface area (Å²) in [6.45, 7) is 0.995. The highest BCUT2D eigenvalue weighted by molar-refractivity contribution is 7.13. The average Bonchev–Trinajstić information content (AvgIpc) is 3.25. The van der Waals surface area contributed by atoms with E-state index in [4.69, 9.17) is 16.3 Å². The quantitative estimate of drug-likeness (QED) is 0.543. The zero-order chi connectivity index (χ0) is 21.5. The van der Waals surface area contributed by atoms with Gasteiger partial charge in [-0.3, -0.25) is 9.59 Å². The Labute approximate surface area is 182 Å². The Morgan fingerprint density at radius 3 is 2.60 bits per heavy atom. The van der Waals surface area contributed by atoms with Crippen LogP contribution in [0.2, 0.25) is 5.02 Å². The van der Waals surface area contributed by atoms with Crippen LogP contribution < -0.4 is 10.6 Å². The maximum Gasteiger partial charge on any atom is 0.358 e. The molecule has 3 aromatic rings. The van der Waals surface area contributed by atoms with Gasteiger partial charge in [-0.15, -0.1) is 11.3 Å². The van der Waals surface area contributed by atoms with Gasteiger partial charge in [-0.05, 0) is 24.6 Å². The standard InChI is InChI=1S/C21H18ClN3O4S/c1-13-15(22)8-5-9-16(13)24-18(26)10-23-19(27)11-29-21(28)17-12-30-20(25-17)14-6-3-2-4-7-14/h2-9,12H,10-11H2,1H3,(H,23,27)(H,24,26). The molecule has 7 nitrogen and oxygen atoms in total. The Morgan fingerprint density at radius 1 is 1.07 bits per heavy atom. The van der Waals surface area contributed by atoms with E-state index in [0.717, 1.165) is 11.1 Å². The minimum Gasteiger partial charge on any atom is -0.451 e. The molecule has 0 fully saturated rings. The molecule has 2 amide bonds. The van der Waals surface area contributed by atoms with Crippen molar-refractivity contribution in [2.45, 2.75) is 6.92 Å². The molecule has 1 aromatic heterocycles. The lowest BCUT2D eigenvalue weighted by atomic mass is 10.2. The third kappa shape index (κ3) is 5.65. The number of esters is 1. The van der Waals surface area contributed by atoms with Crippen molar-refractivity contribution in [2.75, 3.05) is 18.5 Å². The number of ether oxygens (including phenoxy) is 1. The monoisotopic (exact) mass is 443 g/mol. The molecule has 0 aliphatic carbocycles. The van der Waals surface area contributed by atoms with Gasteiger partial charge in [0.05, 0.1) is 6.54 Å². The first kappa shape index (κ1) is 21.5. The molecule has 0 atom stereocenters. The van der Waals surface area contributed by atoms with Crippen molar-refractivity contribution in [2.24, 2.45) is 0 Å². The number of nitrogens with zero attached hydrogens (tertiary/aromatic N) is 1. The Morgan fingerprint density at radius 2 is 1.83 bits per heavy atom. The fraction of sp³-hybridized carbons (Fsp3) is 0.143. The Bertz CT molecular complexity index is 1070. The van der Waals surface area contributed by atoms with Gasteiger partial charge in [0.15, 0.2) is 12.3 Å².